The van der Waals surface area contributed by atoms with Gasteiger partial charge in [0.15, 0.2) is 0 Å². The molecule has 0 fully saturated rings. The average Bonchev–Trinajstić information content (AvgIpc) is 2.74. The highest BCUT2D eigenvalue weighted by molar-refractivity contribution is 7.99. The smallest absolute Gasteiger partial charge is 0.342 e. The number of nitrogens with zero attached hydrogens (tertiary/aromatic N) is 2. The SMILES string of the molecule is CCCSc1nn(-c2ccccc2)c(N)c1C(=O)O. The molecule has 0 saturated heterocycles. The highest BCUT2D eigenvalue weighted by Crippen LogP contribution is 2.28. The lowest BCUT2D eigenvalue weighted by Crippen LogP contribution is -2.05. The van der Waals surface area contributed by atoms with Gasteiger partial charge < -0.3 is 10.8 Å². The fourth-order valence-electron chi connectivity index (χ4n) is 1.68. The van der Waals surface area contributed by atoms with E-state index in [2.05, 4.69) is 5.10 Å². The summed E-state index contributed by atoms with van der Waals surface area (Å²) >= 11 is 1.41. The van der Waals surface area contributed by atoms with Gasteiger partial charge in [0.1, 0.15) is 16.4 Å². The molecule has 0 saturated carbocycles. The zero-order valence-electron chi connectivity index (χ0n) is 10.5. The van der Waals surface area contributed by atoms with E-state index in [0.717, 1.165) is 17.9 Å². The van der Waals surface area contributed by atoms with Crippen molar-refractivity contribution < 1.29 is 9.90 Å². The van der Waals surface area contributed by atoms with Crippen molar-refractivity contribution in [2.75, 3.05) is 11.5 Å². The lowest BCUT2D eigenvalue weighted by molar-refractivity contribution is 0.0694. The van der Waals surface area contributed by atoms with Crippen LogP contribution in [0.5, 0.6) is 0 Å². The summed E-state index contributed by atoms with van der Waals surface area (Å²) in [5, 5.41) is 14.0. The lowest BCUT2D eigenvalue weighted by Gasteiger charge is -2.02. The Bertz CT molecular complexity index is 581. The number of aromatic carboxylic acids is 1. The first-order valence-electron chi connectivity index (χ1n) is 5.95. The van der Waals surface area contributed by atoms with Gasteiger partial charge in [-0.3, -0.25) is 0 Å². The highest BCUT2D eigenvalue weighted by Gasteiger charge is 2.22. The maximum absolute atomic E-state index is 11.3. The first kappa shape index (κ1) is 13.5. The monoisotopic (exact) mass is 277 g/mol. The van der Waals surface area contributed by atoms with Gasteiger partial charge in [-0.25, -0.2) is 9.48 Å². The molecule has 3 N–H and O–H groups in total. The van der Waals surface area contributed by atoms with Gasteiger partial charge in [-0.2, -0.15) is 5.10 Å². The minimum atomic E-state index is -1.04. The molecule has 5 nitrogen and oxygen atoms in total. The molecular formula is C13H15N3O2S. The van der Waals surface area contributed by atoms with E-state index in [1.807, 2.05) is 37.3 Å². The van der Waals surface area contributed by atoms with E-state index in [9.17, 15) is 9.90 Å². The maximum atomic E-state index is 11.3. The number of hydrogen-bond acceptors (Lipinski definition) is 4. The summed E-state index contributed by atoms with van der Waals surface area (Å²) in [6.45, 7) is 2.03. The van der Waals surface area contributed by atoms with Crippen LogP contribution in [0.25, 0.3) is 5.69 Å². The van der Waals surface area contributed by atoms with Crippen LogP contribution in [0.2, 0.25) is 0 Å². The normalized spacial score (nSPS) is 10.6. The van der Waals surface area contributed by atoms with E-state index in [4.69, 9.17) is 5.73 Å². The number of benzene rings is 1. The number of carboxylic acids is 1. The summed E-state index contributed by atoms with van der Waals surface area (Å²) in [6, 6.07) is 9.27. The van der Waals surface area contributed by atoms with Gasteiger partial charge in [0.25, 0.3) is 0 Å². The third kappa shape index (κ3) is 2.73. The first-order valence-corrected chi connectivity index (χ1v) is 6.93. The van der Waals surface area contributed by atoms with E-state index in [1.54, 1.807) is 0 Å². The van der Waals surface area contributed by atoms with E-state index in [-0.39, 0.29) is 11.4 Å². The Labute approximate surface area is 115 Å². The van der Waals surface area contributed by atoms with Crippen LogP contribution >= 0.6 is 11.8 Å². The van der Waals surface area contributed by atoms with Crippen molar-refractivity contribution in [3.8, 4) is 5.69 Å². The maximum Gasteiger partial charge on any atom is 0.342 e. The zero-order chi connectivity index (χ0) is 13.8. The van der Waals surface area contributed by atoms with Crippen molar-refractivity contribution in [2.24, 2.45) is 0 Å². The van der Waals surface area contributed by atoms with Crippen LogP contribution in [0.1, 0.15) is 23.7 Å². The molecule has 0 unspecified atom stereocenters. The van der Waals surface area contributed by atoms with Crippen molar-refractivity contribution in [2.45, 2.75) is 18.4 Å². The van der Waals surface area contributed by atoms with E-state index in [0.29, 0.717) is 5.03 Å². The molecule has 19 heavy (non-hydrogen) atoms. The second-order valence-electron chi connectivity index (χ2n) is 3.97. The molecule has 1 aromatic carbocycles. The number of hydrogen-bond donors (Lipinski definition) is 2. The molecule has 0 atom stereocenters. The Morgan fingerprint density at radius 3 is 2.68 bits per heavy atom. The summed E-state index contributed by atoms with van der Waals surface area (Å²) in [4.78, 5) is 11.3. The van der Waals surface area contributed by atoms with Crippen LogP contribution in [0.3, 0.4) is 0 Å². The molecule has 0 aliphatic heterocycles. The summed E-state index contributed by atoms with van der Waals surface area (Å²) in [7, 11) is 0. The Balaban J connectivity index is 2.49. The summed E-state index contributed by atoms with van der Waals surface area (Å²) in [6.07, 6.45) is 0.946. The van der Waals surface area contributed by atoms with Gasteiger partial charge in [0.05, 0.1) is 5.69 Å². The van der Waals surface area contributed by atoms with Gasteiger partial charge >= 0.3 is 5.97 Å². The number of para-hydroxylation sites is 1. The Kier molecular flexibility index (Phi) is 4.11. The van der Waals surface area contributed by atoms with Gasteiger partial charge in [0.2, 0.25) is 0 Å². The molecule has 0 radical (unpaired) electrons. The molecule has 0 bridgehead atoms. The van der Waals surface area contributed by atoms with E-state index >= 15 is 0 Å². The molecule has 2 aromatic rings. The van der Waals surface area contributed by atoms with E-state index in [1.165, 1.54) is 16.4 Å². The third-order valence-corrected chi connectivity index (χ3v) is 3.72. The Hall–Kier alpha value is -1.95. The summed E-state index contributed by atoms with van der Waals surface area (Å²) in [5.41, 5.74) is 6.76. The van der Waals surface area contributed by atoms with Crippen molar-refractivity contribution in [3.05, 3.63) is 35.9 Å². The predicted octanol–water partition coefficient (Wildman–Crippen LogP) is 2.65. The topological polar surface area (TPSA) is 81.1 Å². The summed E-state index contributed by atoms with van der Waals surface area (Å²) in [5.74, 6) is -0.0681. The van der Waals surface area contributed by atoms with Gasteiger partial charge in [-0.1, -0.05) is 25.1 Å². The van der Waals surface area contributed by atoms with E-state index < -0.39 is 5.97 Å². The van der Waals surface area contributed by atoms with Crippen LogP contribution in [0.15, 0.2) is 35.4 Å². The van der Waals surface area contributed by atoms with Gasteiger partial charge in [0, 0.05) is 0 Å². The second kappa shape index (κ2) is 5.79. The Morgan fingerprint density at radius 2 is 2.11 bits per heavy atom. The fourth-order valence-corrected chi connectivity index (χ4v) is 2.55. The summed E-state index contributed by atoms with van der Waals surface area (Å²) < 4.78 is 1.47. The van der Waals surface area contributed by atoms with Gasteiger partial charge in [-0.05, 0) is 24.3 Å². The van der Waals surface area contributed by atoms with Crippen LogP contribution in [-0.4, -0.2) is 26.6 Å². The lowest BCUT2D eigenvalue weighted by atomic mass is 10.3. The van der Waals surface area contributed by atoms with Crippen molar-refractivity contribution in [1.29, 1.82) is 0 Å². The van der Waals surface area contributed by atoms with Crippen LogP contribution in [0.4, 0.5) is 5.82 Å². The number of aromatic nitrogens is 2. The predicted molar refractivity (Wildman–Crippen MR) is 76.0 cm³/mol. The first-order chi connectivity index (χ1) is 9.15. The minimum absolute atomic E-state index is 0.0855. The van der Waals surface area contributed by atoms with Crippen molar-refractivity contribution in [1.82, 2.24) is 9.78 Å². The number of nitrogen functional groups attached to an aromatic ring is 1. The number of rotatable bonds is 5. The minimum Gasteiger partial charge on any atom is -0.477 e. The van der Waals surface area contributed by atoms with Crippen LogP contribution < -0.4 is 5.73 Å². The molecule has 100 valence electrons. The molecule has 0 aliphatic carbocycles. The number of nitrogens with two attached hydrogens (primary N) is 1. The zero-order valence-corrected chi connectivity index (χ0v) is 11.4. The molecule has 0 amide bonds. The van der Waals surface area contributed by atoms with Crippen molar-refractivity contribution in [3.63, 3.8) is 0 Å². The number of thioether (sulfide) groups is 1. The van der Waals surface area contributed by atoms with Gasteiger partial charge in [-0.15, -0.1) is 11.8 Å². The number of carbonyl (C=O) groups is 1. The van der Waals surface area contributed by atoms with Crippen LogP contribution in [0, 0.1) is 0 Å². The van der Waals surface area contributed by atoms with Crippen molar-refractivity contribution >= 4 is 23.5 Å². The second-order valence-corrected chi connectivity index (χ2v) is 5.05. The molecule has 1 aromatic heterocycles. The molecule has 0 aliphatic rings. The largest absolute Gasteiger partial charge is 0.477 e. The number of carboxylic acid groups (broad SMARTS) is 1. The quantitative estimate of drug-likeness (QED) is 0.821. The molecule has 0 spiro atoms. The fraction of sp³-hybridized carbons (Fsp3) is 0.231. The number of anilines is 1. The molecule has 1 heterocycles. The van der Waals surface area contributed by atoms with Crippen LogP contribution in [-0.2, 0) is 0 Å². The molecular weight excluding hydrogens is 262 g/mol. The standard InChI is InChI=1S/C13H15N3O2S/c1-2-8-19-12-10(13(17)18)11(14)16(15-12)9-6-4-3-5-7-9/h3-7H,2,8,14H2,1H3,(H,17,18). The Morgan fingerprint density at radius 1 is 1.42 bits per heavy atom. The third-order valence-electron chi connectivity index (χ3n) is 2.55. The average molecular weight is 277 g/mol. The highest BCUT2D eigenvalue weighted by atomic mass is 32.2. The molecule has 2 rings (SSSR count). The molecule has 6 heteroatoms.